The highest BCUT2D eigenvalue weighted by molar-refractivity contribution is 7.99. The Hall–Kier alpha value is -0.970. The molecule has 0 unspecified atom stereocenters. The lowest BCUT2D eigenvalue weighted by molar-refractivity contribution is 0.624. The monoisotopic (exact) mass is 330 g/mol. The van der Waals surface area contributed by atoms with E-state index in [-0.39, 0.29) is 5.82 Å². The molecule has 2 nitrogen and oxygen atoms in total. The number of halogens is 3. The van der Waals surface area contributed by atoms with E-state index in [1.54, 1.807) is 18.2 Å². The van der Waals surface area contributed by atoms with Crippen LogP contribution in [-0.2, 0) is 0 Å². The van der Waals surface area contributed by atoms with Crippen LogP contribution in [0, 0.1) is 5.82 Å². The van der Waals surface area contributed by atoms with Gasteiger partial charge in [-0.1, -0.05) is 48.0 Å². The van der Waals surface area contributed by atoms with Gasteiger partial charge in [-0.05, 0) is 30.7 Å². The average Bonchev–Trinajstić information content (AvgIpc) is 2.40. The second-order valence-corrected chi connectivity index (χ2v) is 5.97. The molecule has 0 saturated carbocycles. The van der Waals surface area contributed by atoms with Crippen molar-refractivity contribution in [1.82, 2.24) is 4.98 Å². The van der Waals surface area contributed by atoms with Crippen molar-refractivity contribution in [3.8, 4) is 0 Å². The smallest absolute Gasteiger partial charge is 0.146 e. The molecule has 0 bridgehead atoms. The van der Waals surface area contributed by atoms with Gasteiger partial charge >= 0.3 is 0 Å². The number of aromatic nitrogens is 1. The molecule has 0 spiro atoms. The van der Waals surface area contributed by atoms with Gasteiger partial charge in [0.25, 0.3) is 0 Å². The summed E-state index contributed by atoms with van der Waals surface area (Å²) in [5.74, 6) is 0.307. The maximum absolute atomic E-state index is 13.2. The van der Waals surface area contributed by atoms with Crippen LogP contribution >= 0.6 is 35.0 Å². The van der Waals surface area contributed by atoms with Crippen molar-refractivity contribution in [3.63, 3.8) is 0 Å². The average molecular weight is 331 g/mol. The molecule has 0 fully saturated rings. The Bertz CT molecular complexity index is 608. The van der Waals surface area contributed by atoms with E-state index in [4.69, 9.17) is 23.2 Å². The lowest BCUT2D eigenvalue weighted by Crippen LogP contribution is -2.03. The zero-order valence-corrected chi connectivity index (χ0v) is 13.1. The van der Waals surface area contributed by atoms with E-state index in [1.165, 1.54) is 23.9 Å². The number of rotatable bonds is 5. The molecule has 0 radical (unpaired) electrons. The molecule has 2 rings (SSSR count). The number of hydrogen-bond donors (Lipinski definition) is 1. The zero-order valence-electron chi connectivity index (χ0n) is 10.8. The quantitative estimate of drug-likeness (QED) is 0.783. The van der Waals surface area contributed by atoms with Crippen LogP contribution in [0.1, 0.15) is 13.3 Å². The fraction of sp³-hybridized carbons (Fsp3) is 0.214. The summed E-state index contributed by atoms with van der Waals surface area (Å²) in [5.41, 5.74) is 0. The first-order chi connectivity index (χ1) is 9.60. The Labute approximate surface area is 131 Å². The number of hydrogen-bond acceptors (Lipinski definition) is 3. The van der Waals surface area contributed by atoms with Crippen LogP contribution in [0.3, 0.4) is 0 Å². The molecule has 0 atom stereocenters. The molecule has 106 valence electrons. The van der Waals surface area contributed by atoms with E-state index < -0.39 is 0 Å². The minimum Gasteiger partial charge on any atom is -0.369 e. The summed E-state index contributed by atoms with van der Waals surface area (Å²) in [6, 6.07) is 7.94. The Morgan fingerprint density at radius 2 is 2.05 bits per heavy atom. The predicted octanol–water partition coefficient (Wildman–Crippen LogP) is 5.50. The van der Waals surface area contributed by atoms with Gasteiger partial charge in [0.1, 0.15) is 16.7 Å². The molecule has 6 heteroatoms. The number of anilines is 1. The first kappa shape index (κ1) is 15.4. The van der Waals surface area contributed by atoms with E-state index in [0.29, 0.717) is 20.9 Å². The predicted molar refractivity (Wildman–Crippen MR) is 83.6 cm³/mol. The molecule has 0 aliphatic rings. The van der Waals surface area contributed by atoms with Crippen LogP contribution in [0.5, 0.6) is 0 Å². The summed E-state index contributed by atoms with van der Waals surface area (Å²) in [7, 11) is 0. The number of benzene rings is 1. The molecule has 0 aliphatic carbocycles. The summed E-state index contributed by atoms with van der Waals surface area (Å²) in [6.07, 6.45) is 0.965. The maximum atomic E-state index is 13.2. The molecule has 1 N–H and O–H groups in total. The van der Waals surface area contributed by atoms with Crippen molar-refractivity contribution < 1.29 is 4.39 Å². The topological polar surface area (TPSA) is 24.9 Å². The first-order valence-electron chi connectivity index (χ1n) is 6.13. The van der Waals surface area contributed by atoms with Crippen LogP contribution in [0.4, 0.5) is 10.2 Å². The van der Waals surface area contributed by atoms with Gasteiger partial charge in [0.05, 0.1) is 10.0 Å². The lowest BCUT2D eigenvalue weighted by Gasteiger charge is -2.10. The molecular weight excluding hydrogens is 318 g/mol. The lowest BCUT2D eigenvalue weighted by atomic mass is 10.4. The SMILES string of the molecule is CCCNc1nc(Sc2cccc(F)c2)c(Cl)cc1Cl. The normalized spacial score (nSPS) is 10.6. The number of pyridine rings is 1. The molecule has 1 aromatic carbocycles. The largest absolute Gasteiger partial charge is 0.369 e. The highest BCUT2D eigenvalue weighted by Crippen LogP contribution is 2.35. The van der Waals surface area contributed by atoms with Gasteiger partial charge in [0.2, 0.25) is 0 Å². The first-order valence-corrected chi connectivity index (χ1v) is 7.70. The third-order valence-electron chi connectivity index (χ3n) is 2.45. The van der Waals surface area contributed by atoms with Crippen molar-refractivity contribution >= 4 is 40.8 Å². The number of nitrogens with one attached hydrogen (secondary N) is 1. The molecule has 2 aromatic rings. The van der Waals surface area contributed by atoms with E-state index in [0.717, 1.165) is 17.9 Å². The zero-order chi connectivity index (χ0) is 14.5. The van der Waals surface area contributed by atoms with E-state index in [2.05, 4.69) is 17.2 Å². The Kier molecular flexibility index (Phi) is 5.52. The van der Waals surface area contributed by atoms with Gasteiger partial charge in [-0.25, -0.2) is 9.37 Å². The minimum absolute atomic E-state index is 0.288. The fourth-order valence-corrected chi connectivity index (χ4v) is 2.91. The fourth-order valence-electron chi connectivity index (χ4n) is 1.53. The van der Waals surface area contributed by atoms with Gasteiger partial charge in [0, 0.05) is 11.4 Å². The van der Waals surface area contributed by atoms with E-state index in [9.17, 15) is 4.39 Å². The highest BCUT2D eigenvalue weighted by Gasteiger charge is 2.11. The maximum Gasteiger partial charge on any atom is 0.146 e. The van der Waals surface area contributed by atoms with Crippen LogP contribution < -0.4 is 5.32 Å². The molecular formula is C14H13Cl2FN2S. The summed E-state index contributed by atoms with van der Waals surface area (Å²) in [4.78, 5) is 5.14. The van der Waals surface area contributed by atoms with Crippen LogP contribution in [0.2, 0.25) is 10.0 Å². The van der Waals surface area contributed by atoms with Gasteiger partial charge < -0.3 is 5.32 Å². The van der Waals surface area contributed by atoms with E-state index >= 15 is 0 Å². The third-order valence-corrected chi connectivity index (χ3v) is 4.13. The van der Waals surface area contributed by atoms with Crippen molar-refractivity contribution in [2.45, 2.75) is 23.3 Å². The van der Waals surface area contributed by atoms with Crippen molar-refractivity contribution in [1.29, 1.82) is 0 Å². The summed E-state index contributed by atoms with van der Waals surface area (Å²) >= 11 is 13.5. The van der Waals surface area contributed by atoms with Gasteiger partial charge in [-0.15, -0.1) is 0 Å². The Balaban J connectivity index is 2.26. The molecule has 20 heavy (non-hydrogen) atoms. The summed E-state index contributed by atoms with van der Waals surface area (Å²) in [6.45, 7) is 2.83. The molecule has 0 amide bonds. The van der Waals surface area contributed by atoms with Gasteiger partial charge in [0.15, 0.2) is 0 Å². The summed E-state index contributed by atoms with van der Waals surface area (Å²) in [5, 5.41) is 4.66. The number of nitrogens with zero attached hydrogens (tertiary/aromatic N) is 1. The molecule has 0 saturated heterocycles. The highest BCUT2D eigenvalue weighted by atomic mass is 35.5. The molecule has 0 aliphatic heterocycles. The Morgan fingerprint density at radius 3 is 2.75 bits per heavy atom. The summed E-state index contributed by atoms with van der Waals surface area (Å²) < 4.78 is 13.2. The van der Waals surface area contributed by atoms with Crippen LogP contribution in [0.25, 0.3) is 0 Å². The van der Waals surface area contributed by atoms with Crippen LogP contribution in [-0.4, -0.2) is 11.5 Å². The standard InChI is InChI=1S/C14H13Cl2FN2S/c1-2-6-18-13-11(15)8-12(16)14(19-13)20-10-5-3-4-9(17)7-10/h3-5,7-8H,2,6H2,1H3,(H,18,19). The van der Waals surface area contributed by atoms with Crippen LogP contribution in [0.15, 0.2) is 40.3 Å². The van der Waals surface area contributed by atoms with Crippen molar-refractivity contribution in [2.75, 3.05) is 11.9 Å². The minimum atomic E-state index is -0.288. The van der Waals surface area contributed by atoms with Gasteiger partial charge in [-0.3, -0.25) is 0 Å². The van der Waals surface area contributed by atoms with Crippen molar-refractivity contribution in [3.05, 3.63) is 46.2 Å². The third kappa shape index (κ3) is 4.01. The second-order valence-electron chi connectivity index (χ2n) is 4.09. The van der Waals surface area contributed by atoms with E-state index in [1.807, 2.05) is 0 Å². The molecule has 1 heterocycles. The Morgan fingerprint density at radius 1 is 1.25 bits per heavy atom. The van der Waals surface area contributed by atoms with Crippen molar-refractivity contribution in [2.24, 2.45) is 0 Å². The second kappa shape index (κ2) is 7.16. The molecule has 1 aromatic heterocycles. The van der Waals surface area contributed by atoms with Gasteiger partial charge in [-0.2, -0.15) is 0 Å².